The van der Waals surface area contributed by atoms with Gasteiger partial charge in [-0.2, -0.15) is 13.2 Å². The van der Waals surface area contributed by atoms with Crippen LogP contribution in [0.2, 0.25) is 0 Å². The lowest BCUT2D eigenvalue weighted by atomic mass is 10.1. The quantitative estimate of drug-likeness (QED) is 0.774. The number of alkyl halides is 3. The molecule has 0 aliphatic carbocycles. The fourth-order valence-electron chi connectivity index (χ4n) is 4.01. The molecule has 2 aliphatic rings. The number of carbonyl (C=O) groups is 2. The number of carbonyl (C=O) groups excluding carboxylic acids is 2. The third kappa shape index (κ3) is 3.38. The standard InChI is InChI=1S/C18H20F3N5O3/c1-10-3-4-12(29-10)9-26-13(5-6-14(26)27)16(28)24-7-8-25-15(11(24)2)22-23-17(25)18(19,20)21/h3-4,11,13H,5-9H2,1-2H3. The molecule has 0 radical (unpaired) electrons. The summed E-state index contributed by atoms with van der Waals surface area (Å²) in [5, 5.41) is 6.94. The van der Waals surface area contributed by atoms with E-state index >= 15 is 0 Å². The van der Waals surface area contributed by atoms with Crippen LogP contribution in [-0.4, -0.2) is 49.0 Å². The maximum Gasteiger partial charge on any atom is 0.451 e. The van der Waals surface area contributed by atoms with Gasteiger partial charge in [0.15, 0.2) is 5.82 Å². The summed E-state index contributed by atoms with van der Waals surface area (Å²) < 4.78 is 45.8. The smallest absolute Gasteiger partial charge is 0.451 e. The number of aromatic nitrogens is 3. The van der Waals surface area contributed by atoms with Gasteiger partial charge < -0.3 is 18.8 Å². The predicted octanol–water partition coefficient (Wildman–Crippen LogP) is 2.29. The van der Waals surface area contributed by atoms with E-state index in [1.165, 1.54) is 9.80 Å². The van der Waals surface area contributed by atoms with Gasteiger partial charge >= 0.3 is 6.18 Å². The highest BCUT2D eigenvalue weighted by Gasteiger charge is 2.44. The van der Waals surface area contributed by atoms with Crippen LogP contribution in [0.1, 0.15) is 49.0 Å². The summed E-state index contributed by atoms with van der Waals surface area (Å²) in [5.74, 6) is -0.124. The first kappa shape index (κ1) is 19.5. The summed E-state index contributed by atoms with van der Waals surface area (Å²) in [7, 11) is 0. The molecule has 4 heterocycles. The van der Waals surface area contributed by atoms with E-state index in [2.05, 4.69) is 10.2 Å². The van der Waals surface area contributed by atoms with Crippen molar-refractivity contribution in [2.75, 3.05) is 6.54 Å². The van der Waals surface area contributed by atoms with Gasteiger partial charge in [-0.15, -0.1) is 10.2 Å². The molecule has 0 N–H and O–H groups in total. The van der Waals surface area contributed by atoms with Crippen molar-refractivity contribution >= 4 is 11.8 Å². The Kier molecular flexibility index (Phi) is 4.62. The molecule has 29 heavy (non-hydrogen) atoms. The molecule has 8 nitrogen and oxygen atoms in total. The van der Waals surface area contributed by atoms with Gasteiger partial charge in [0.25, 0.3) is 0 Å². The van der Waals surface area contributed by atoms with Crippen molar-refractivity contribution in [1.29, 1.82) is 0 Å². The van der Waals surface area contributed by atoms with Crippen LogP contribution in [-0.2, 0) is 28.9 Å². The van der Waals surface area contributed by atoms with Crippen molar-refractivity contribution < 1.29 is 27.2 Å². The van der Waals surface area contributed by atoms with Gasteiger partial charge in [-0.25, -0.2) is 0 Å². The fourth-order valence-corrected chi connectivity index (χ4v) is 4.01. The molecule has 2 aromatic rings. The van der Waals surface area contributed by atoms with Gasteiger partial charge in [0.2, 0.25) is 17.6 Å². The molecule has 156 valence electrons. The Morgan fingerprint density at radius 1 is 1.28 bits per heavy atom. The summed E-state index contributed by atoms with van der Waals surface area (Å²) >= 11 is 0. The lowest BCUT2D eigenvalue weighted by molar-refractivity contribution is -0.149. The number of likely N-dealkylation sites (tertiary alicyclic amines) is 1. The van der Waals surface area contributed by atoms with Crippen LogP contribution >= 0.6 is 0 Å². The van der Waals surface area contributed by atoms with Crippen LogP contribution < -0.4 is 0 Å². The Labute approximate surface area is 164 Å². The van der Waals surface area contributed by atoms with Crippen molar-refractivity contribution in [3.8, 4) is 0 Å². The molecule has 1 fully saturated rings. The molecule has 0 aromatic carbocycles. The fraction of sp³-hybridized carbons (Fsp3) is 0.556. The highest BCUT2D eigenvalue weighted by molar-refractivity contribution is 5.91. The SMILES string of the molecule is Cc1ccc(CN2C(=O)CCC2C(=O)N2CCn3c(nnc3C(F)(F)F)C2C)o1. The first-order chi connectivity index (χ1) is 13.7. The molecule has 0 saturated carbocycles. The van der Waals surface area contributed by atoms with E-state index < -0.39 is 24.1 Å². The minimum atomic E-state index is -4.60. The summed E-state index contributed by atoms with van der Waals surface area (Å²) in [6, 6.07) is 2.19. The zero-order valence-corrected chi connectivity index (χ0v) is 15.9. The largest absolute Gasteiger partial charge is 0.464 e. The van der Waals surface area contributed by atoms with Gasteiger partial charge in [0.05, 0.1) is 12.6 Å². The first-order valence-corrected chi connectivity index (χ1v) is 9.32. The second-order valence-corrected chi connectivity index (χ2v) is 7.33. The Balaban J connectivity index is 1.54. The van der Waals surface area contributed by atoms with Crippen LogP contribution in [0.15, 0.2) is 16.5 Å². The van der Waals surface area contributed by atoms with E-state index in [4.69, 9.17) is 4.42 Å². The van der Waals surface area contributed by atoms with E-state index in [0.717, 1.165) is 4.57 Å². The molecule has 0 bridgehead atoms. The Bertz CT molecular complexity index is 951. The van der Waals surface area contributed by atoms with Crippen LogP contribution in [0.4, 0.5) is 13.2 Å². The zero-order chi connectivity index (χ0) is 20.9. The van der Waals surface area contributed by atoms with Gasteiger partial charge in [-0.05, 0) is 32.4 Å². The lowest BCUT2D eigenvalue weighted by Gasteiger charge is -2.37. The molecule has 2 aromatic heterocycles. The average Bonchev–Trinajstić information content (AvgIpc) is 3.34. The highest BCUT2D eigenvalue weighted by atomic mass is 19.4. The van der Waals surface area contributed by atoms with Crippen LogP contribution in [0, 0.1) is 6.92 Å². The molecular weight excluding hydrogens is 391 g/mol. The molecule has 1 saturated heterocycles. The van der Waals surface area contributed by atoms with Crippen LogP contribution in [0.25, 0.3) is 0 Å². The highest BCUT2D eigenvalue weighted by Crippen LogP contribution is 2.34. The molecule has 2 unspecified atom stereocenters. The normalized spacial score (nSPS) is 22.3. The monoisotopic (exact) mass is 411 g/mol. The number of amides is 2. The van der Waals surface area contributed by atoms with Gasteiger partial charge in [-0.3, -0.25) is 9.59 Å². The summed E-state index contributed by atoms with van der Waals surface area (Å²) in [6.07, 6.45) is -4.00. The number of aryl methyl sites for hydroxylation is 1. The Morgan fingerprint density at radius 2 is 2.03 bits per heavy atom. The van der Waals surface area contributed by atoms with E-state index in [-0.39, 0.29) is 43.7 Å². The maximum atomic E-state index is 13.2. The average molecular weight is 411 g/mol. The first-order valence-electron chi connectivity index (χ1n) is 9.32. The number of hydrogen-bond acceptors (Lipinski definition) is 5. The molecular formula is C18H20F3N5O3. The van der Waals surface area contributed by atoms with Crippen molar-refractivity contribution in [3.05, 3.63) is 35.3 Å². The third-order valence-electron chi connectivity index (χ3n) is 5.46. The summed E-state index contributed by atoms with van der Waals surface area (Å²) in [4.78, 5) is 28.5. The minimum absolute atomic E-state index is 0.0503. The van der Waals surface area contributed by atoms with Crippen molar-refractivity contribution in [3.63, 3.8) is 0 Å². The van der Waals surface area contributed by atoms with Gasteiger partial charge in [0, 0.05) is 19.5 Å². The molecule has 11 heteroatoms. The topological polar surface area (TPSA) is 84.5 Å². The number of fused-ring (bicyclic) bond motifs is 1. The molecule has 2 aliphatic heterocycles. The number of halogens is 3. The lowest BCUT2D eigenvalue weighted by Crippen LogP contribution is -2.50. The predicted molar refractivity (Wildman–Crippen MR) is 92.2 cm³/mol. The molecule has 0 spiro atoms. The Hall–Kier alpha value is -2.85. The summed E-state index contributed by atoms with van der Waals surface area (Å²) in [5.41, 5.74) is 0. The number of nitrogens with zero attached hydrogens (tertiary/aromatic N) is 5. The van der Waals surface area contributed by atoms with Crippen LogP contribution in [0.5, 0.6) is 0 Å². The van der Waals surface area contributed by atoms with E-state index in [1.54, 1.807) is 26.0 Å². The zero-order valence-electron chi connectivity index (χ0n) is 15.9. The molecule has 2 atom stereocenters. The second kappa shape index (κ2) is 6.89. The second-order valence-electron chi connectivity index (χ2n) is 7.33. The minimum Gasteiger partial charge on any atom is -0.464 e. The van der Waals surface area contributed by atoms with Crippen molar-refractivity contribution in [2.45, 2.75) is 58.0 Å². The number of furan rings is 1. The van der Waals surface area contributed by atoms with Crippen molar-refractivity contribution in [2.24, 2.45) is 0 Å². The molecule has 4 rings (SSSR count). The maximum absolute atomic E-state index is 13.2. The van der Waals surface area contributed by atoms with Gasteiger partial charge in [-0.1, -0.05) is 0 Å². The number of hydrogen-bond donors (Lipinski definition) is 0. The van der Waals surface area contributed by atoms with Crippen molar-refractivity contribution in [1.82, 2.24) is 24.6 Å². The number of rotatable bonds is 3. The summed E-state index contributed by atoms with van der Waals surface area (Å²) in [6.45, 7) is 3.63. The molecule has 2 amide bonds. The van der Waals surface area contributed by atoms with E-state index in [1.807, 2.05) is 0 Å². The third-order valence-corrected chi connectivity index (χ3v) is 5.46. The van der Waals surface area contributed by atoms with E-state index in [9.17, 15) is 22.8 Å². The Morgan fingerprint density at radius 3 is 2.69 bits per heavy atom. The van der Waals surface area contributed by atoms with E-state index in [0.29, 0.717) is 17.9 Å². The van der Waals surface area contributed by atoms with Gasteiger partial charge in [0.1, 0.15) is 17.6 Å². The van der Waals surface area contributed by atoms with Crippen LogP contribution in [0.3, 0.4) is 0 Å².